The van der Waals surface area contributed by atoms with Crippen LogP contribution in [-0.2, 0) is 11.2 Å². The van der Waals surface area contributed by atoms with Gasteiger partial charge >= 0.3 is 0 Å². The van der Waals surface area contributed by atoms with Crippen molar-refractivity contribution >= 4 is 11.6 Å². The molecule has 4 nitrogen and oxygen atoms in total. The van der Waals surface area contributed by atoms with Gasteiger partial charge in [-0.3, -0.25) is 9.78 Å². The monoisotopic (exact) mass is 283 g/mol. The lowest BCUT2D eigenvalue weighted by Gasteiger charge is -2.12. The molecule has 21 heavy (non-hydrogen) atoms. The van der Waals surface area contributed by atoms with Crippen molar-refractivity contribution in [2.75, 3.05) is 18.9 Å². The first-order chi connectivity index (χ1) is 10.2. The van der Waals surface area contributed by atoms with Crippen LogP contribution in [0.25, 0.3) is 0 Å². The Morgan fingerprint density at radius 2 is 1.71 bits per heavy atom. The van der Waals surface area contributed by atoms with Crippen molar-refractivity contribution in [3.63, 3.8) is 0 Å². The van der Waals surface area contributed by atoms with Gasteiger partial charge in [0.05, 0.1) is 0 Å². The Bertz CT molecular complexity index is 566. The molecular formula is C17H21N3O. The van der Waals surface area contributed by atoms with Crippen molar-refractivity contribution in [1.29, 1.82) is 0 Å². The van der Waals surface area contributed by atoms with E-state index < -0.39 is 0 Å². The number of pyridine rings is 1. The fraction of sp³-hybridized carbons (Fsp3) is 0.294. The van der Waals surface area contributed by atoms with E-state index in [0.717, 1.165) is 12.1 Å². The zero-order valence-electron chi connectivity index (χ0n) is 12.5. The van der Waals surface area contributed by atoms with Gasteiger partial charge in [-0.05, 0) is 48.9 Å². The van der Waals surface area contributed by atoms with Gasteiger partial charge in [-0.25, -0.2) is 0 Å². The van der Waals surface area contributed by atoms with E-state index in [1.54, 1.807) is 12.4 Å². The van der Waals surface area contributed by atoms with Crippen LogP contribution in [0.1, 0.15) is 18.1 Å². The standard InChI is InChI=1S/C17H21N3O/c1-13(12-18-2)17(21)20-16-5-3-14(4-6-16)11-15-7-9-19-10-8-15/h3-10,13,18H,11-12H2,1-2H3,(H,20,21). The summed E-state index contributed by atoms with van der Waals surface area (Å²) in [5.41, 5.74) is 3.27. The number of hydrogen-bond donors (Lipinski definition) is 2. The molecule has 2 aromatic rings. The van der Waals surface area contributed by atoms with Crippen molar-refractivity contribution in [1.82, 2.24) is 10.3 Å². The Balaban J connectivity index is 1.94. The molecule has 2 rings (SSSR count). The lowest BCUT2D eigenvalue weighted by atomic mass is 10.1. The molecule has 1 amide bonds. The second-order valence-electron chi connectivity index (χ2n) is 5.18. The zero-order chi connectivity index (χ0) is 15.1. The summed E-state index contributed by atoms with van der Waals surface area (Å²) in [7, 11) is 1.84. The Labute approximate surface area is 125 Å². The summed E-state index contributed by atoms with van der Waals surface area (Å²) >= 11 is 0. The fourth-order valence-electron chi connectivity index (χ4n) is 2.11. The molecule has 0 aliphatic rings. The minimum atomic E-state index is -0.0495. The van der Waals surface area contributed by atoms with Gasteiger partial charge in [0, 0.05) is 30.5 Å². The van der Waals surface area contributed by atoms with Crippen LogP contribution < -0.4 is 10.6 Å². The lowest BCUT2D eigenvalue weighted by Crippen LogP contribution is -2.28. The van der Waals surface area contributed by atoms with Crippen molar-refractivity contribution in [3.8, 4) is 0 Å². The number of anilines is 1. The number of rotatable bonds is 6. The molecule has 0 fully saturated rings. The molecule has 1 aromatic carbocycles. The van der Waals surface area contributed by atoms with E-state index in [0.29, 0.717) is 6.54 Å². The first-order valence-corrected chi connectivity index (χ1v) is 7.12. The van der Waals surface area contributed by atoms with E-state index in [1.165, 1.54) is 11.1 Å². The molecule has 0 aliphatic heterocycles. The number of carbonyl (C=O) groups is 1. The third kappa shape index (κ3) is 4.68. The highest BCUT2D eigenvalue weighted by molar-refractivity contribution is 5.92. The van der Waals surface area contributed by atoms with Crippen LogP contribution in [0, 0.1) is 5.92 Å². The predicted octanol–water partition coefficient (Wildman–Crippen LogP) is 2.47. The molecule has 4 heteroatoms. The number of hydrogen-bond acceptors (Lipinski definition) is 3. The number of benzene rings is 1. The smallest absolute Gasteiger partial charge is 0.228 e. The molecule has 1 atom stereocenters. The van der Waals surface area contributed by atoms with Gasteiger partial charge in [-0.2, -0.15) is 0 Å². The van der Waals surface area contributed by atoms with E-state index in [9.17, 15) is 4.79 Å². The van der Waals surface area contributed by atoms with Crippen molar-refractivity contribution in [2.45, 2.75) is 13.3 Å². The Morgan fingerprint density at radius 1 is 1.10 bits per heavy atom. The fourth-order valence-corrected chi connectivity index (χ4v) is 2.11. The van der Waals surface area contributed by atoms with Gasteiger partial charge in [0.1, 0.15) is 0 Å². The second-order valence-corrected chi connectivity index (χ2v) is 5.18. The zero-order valence-corrected chi connectivity index (χ0v) is 12.5. The van der Waals surface area contributed by atoms with Gasteiger partial charge < -0.3 is 10.6 Å². The van der Waals surface area contributed by atoms with Crippen LogP contribution >= 0.6 is 0 Å². The highest BCUT2D eigenvalue weighted by atomic mass is 16.1. The maximum Gasteiger partial charge on any atom is 0.228 e. The average molecular weight is 283 g/mol. The summed E-state index contributed by atoms with van der Waals surface area (Å²) in [6, 6.07) is 12.0. The maximum absolute atomic E-state index is 11.9. The van der Waals surface area contributed by atoms with Gasteiger partial charge in [-0.15, -0.1) is 0 Å². The summed E-state index contributed by atoms with van der Waals surface area (Å²) in [5.74, 6) is -0.0160. The van der Waals surface area contributed by atoms with Crippen LogP contribution in [0.4, 0.5) is 5.69 Å². The number of amides is 1. The third-order valence-electron chi connectivity index (χ3n) is 3.34. The number of carbonyl (C=O) groups excluding carboxylic acids is 1. The second kappa shape index (κ2) is 7.55. The summed E-state index contributed by atoms with van der Waals surface area (Å²) in [4.78, 5) is 15.9. The number of nitrogens with zero attached hydrogens (tertiary/aromatic N) is 1. The normalized spacial score (nSPS) is 11.9. The van der Waals surface area contributed by atoms with Crippen LogP contribution in [0.15, 0.2) is 48.8 Å². The summed E-state index contributed by atoms with van der Waals surface area (Å²) in [5, 5.41) is 5.93. The van der Waals surface area contributed by atoms with E-state index in [-0.39, 0.29) is 11.8 Å². The van der Waals surface area contributed by atoms with Crippen molar-refractivity contribution in [2.24, 2.45) is 5.92 Å². The van der Waals surface area contributed by atoms with Crippen LogP contribution in [-0.4, -0.2) is 24.5 Å². The van der Waals surface area contributed by atoms with Crippen LogP contribution in [0.2, 0.25) is 0 Å². The van der Waals surface area contributed by atoms with Gasteiger partial charge in [0.2, 0.25) is 5.91 Å². The molecule has 0 saturated heterocycles. The molecule has 0 spiro atoms. The number of nitrogens with one attached hydrogen (secondary N) is 2. The summed E-state index contributed by atoms with van der Waals surface area (Å²) in [6.07, 6.45) is 4.47. The topological polar surface area (TPSA) is 54.0 Å². The molecule has 0 bridgehead atoms. The van der Waals surface area contributed by atoms with Crippen LogP contribution in [0.5, 0.6) is 0 Å². The maximum atomic E-state index is 11.9. The van der Waals surface area contributed by atoms with E-state index in [1.807, 2.05) is 50.4 Å². The summed E-state index contributed by atoms with van der Waals surface area (Å²) < 4.78 is 0. The molecule has 0 radical (unpaired) electrons. The first kappa shape index (κ1) is 15.2. The largest absolute Gasteiger partial charge is 0.326 e. The van der Waals surface area contributed by atoms with E-state index >= 15 is 0 Å². The lowest BCUT2D eigenvalue weighted by molar-refractivity contribution is -0.119. The molecule has 0 saturated carbocycles. The molecule has 2 N–H and O–H groups in total. The third-order valence-corrected chi connectivity index (χ3v) is 3.34. The minimum absolute atomic E-state index is 0.0335. The predicted molar refractivity (Wildman–Crippen MR) is 85.2 cm³/mol. The summed E-state index contributed by atoms with van der Waals surface area (Å²) in [6.45, 7) is 2.58. The van der Waals surface area contributed by atoms with Gasteiger partial charge in [0.25, 0.3) is 0 Å². The molecule has 1 heterocycles. The number of aromatic nitrogens is 1. The van der Waals surface area contributed by atoms with Crippen molar-refractivity contribution < 1.29 is 4.79 Å². The quantitative estimate of drug-likeness (QED) is 0.856. The minimum Gasteiger partial charge on any atom is -0.326 e. The van der Waals surface area contributed by atoms with E-state index in [2.05, 4.69) is 15.6 Å². The Kier molecular flexibility index (Phi) is 5.46. The van der Waals surface area contributed by atoms with Crippen molar-refractivity contribution in [3.05, 3.63) is 59.9 Å². The van der Waals surface area contributed by atoms with Gasteiger partial charge in [-0.1, -0.05) is 19.1 Å². The SMILES string of the molecule is CNCC(C)C(=O)Nc1ccc(Cc2ccncc2)cc1. The molecule has 110 valence electrons. The highest BCUT2D eigenvalue weighted by Gasteiger charge is 2.11. The molecular weight excluding hydrogens is 262 g/mol. The molecule has 0 aliphatic carbocycles. The Hall–Kier alpha value is -2.20. The van der Waals surface area contributed by atoms with Gasteiger partial charge in [0.15, 0.2) is 0 Å². The first-order valence-electron chi connectivity index (χ1n) is 7.12. The average Bonchev–Trinajstić information content (AvgIpc) is 2.50. The van der Waals surface area contributed by atoms with E-state index in [4.69, 9.17) is 0 Å². The molecule has 1 aromatic heterocycles. The Morgan fingerprint density at radius 3 is 2.33 bits per heavy atom. The highest BCUT2D eigenvalue weighted by Crippen LogP contribution is 2.14. The van der Waals surface area contributed by atoms with Crippen LogP contribution in [0.3, 0.4) is 0 Å². The molecule has 1 unspecified atom stereocenters.